The Kier molecular flexibility index (Phi) is 3.98. The van der Waals surface area contributed by atoms with Gasteiger partial charge in [-0.05, 0) is 40.5 Å². The van der Waals surface area contributed by atoms with Crippen LogP contribution in [0.25, 0.3) is 10.6 Å². The van der Waals surface area contributed by atoms with Gasteiger partial charge in [-0.2, -0.15) is 0 Å². The first-order valence-electron chi connectivity index (χ1n) is 8.08. The maximum Gasteiger partial charge on any atom is 0.141 e. The monoisotopic (exact) mass is 392 g/mol. The summed E-state index contributed by atoms with van der Waals surface area (Å²) in [5.74, 6) is 0.766. The van der Waals surface area contributed by atoms with Crippen molar-refractivity contribution in [3.63, 3.8) is 0 Å². The van der Waals surface area contributed by atoms with Gasteiger partial charge in [0.25, 0.3) is 0 Å². The second-order valence-corrected chi connectivity index (χ2v) is 6.92. The van der Waals surface area contributed by atoms with Crippen molar-refractivity contribution in [2.24, 2.45) is 0 Å². The summed E-state index contributed by atoms with van der Waals surface area (Å²) in [6.07, 6.45) is 2.07. The average molecular weight is 393 g/mol. The van der Waals surface area contributed by atoms with Gasteiger partial charge in [0.2, 0.25) is 0 Å². The van der Waals surface area contributed by atoms with Gasteiger partial charge in [0, 0.05) is 10.0 Å². The predicted molar refractivity (Wildman–Crippen MR) is 105 cm³/mol. The van der Waals surface area contributed by atoms with Crippen molar-refractivity contribution < 1.29 is 9.84 Å². The highest BCUT2D eigenvalue weighted by Gasteiger charge is 2.38. The van der Waals surface area contributed by atoms with E-state index in [2.05, 4.69) is 22.0 Å². The zero-order valence-corrected chi connectivity index (χ0v) is 15.3. The minimum Gasteiger partial charge on any atom is -0.497 e. The minimum absolute atomic E-state index is 0.766. The first-order valence-corrected chi connectivity index (χ1v) is 8.87. The van der Waals surface area contributed by atoms with Gasteiger partial charge in [0.05, 0.1) is 7.11 Å². The third kappa shape index (κ3) is 2.51. The number of benzene rings is 3. The molecule has 0 saturated carbocycles. The molecular formula is C22H17BrO2. The fourth-order valence-electron chi connectivity index (χ4n) is 3.46. The van der Waals surface area contributed by atoms with Crippen LogP contribution in [0.15, 0.2) is 72.8 Å². The molecule has 0 saturated heterocycles. The molecule has 3 aromatic carbocycles. The Morgan fingerprint density at radius 2 is 1.48 bits per heavy atom. The van der Waals surface area contributed by atoms with E-state index in [0.717, 1.165) is 38.0 Å². The van der Waals surface area contributed by atoms with Crippen LogP contribution in [0.2, 0.25) is 0 Å². The Morgan fingerprint density at radius 3 is 2.20 bits per heavy atom. The van der Waals surface area contributed by atoms with Crippen LogP contribution in [0.3, 0.4) is 0 Å². The zero-order chi connectivity index (χ0) is 17.4. The number of aliphatic hydroxyl groups is 1. The fraction of sp³-hybridized carbons (Fsp3) is 0.0909. The van der Waals surface area contributed by atoms with E-state index in [-0.39, 0.29) is 0 Å². The van der Waals surface area contributed by atoms with Crippen LogP contribution in [0.4, 0.5) is 0 Å². The molecule has 124 valence electrons. The maximum atomic E-state index is 12.0. The number of rotatable bonds is 2. The summed E-state index contributed by atoms with van der Waals surface area (Å²) in [6.45, 7) is 0. The van der Waals surface area contributed by atoms with E-state index >= 15 is 0 Å². The maximum absolute atomic E-state index is 12.0. The Balaban J connectivity index is 2.06. The van der Waals surface area contributed by atoms with Crippen molar-refractivity contribution >= 4 is 26.5 Å². The SMILES string of the molecule is COc1ccc(C2(O)c3ccccc3C=C(Br)c3ccccc32)cc1. The molecule has 0 spiro atoms. The predicted octanol–water partition coefficient (Wildman–Crippen LogP) is 5.19. The highest BCUT2D eigenvalue weighted by atomic mass is 79.9. The highest BCUT2D eigenvalue weighted by Crippen LogP contribution is 2.46. The van der Waals surface area contributed by atoms with E-state index in [4.69, 9.17) is 4.74 Å². The van der Waals surface area contributed by atoms with Gasteiger partial charge < -0.3 is 9.84 Å². The lowest BCUT2D eigenvalue weighted by atomic mass is 9.78. The molecule has 1 unspecified atom stereocenters. The van der Waals surface area contributed by atoms with Crippen LogP contribution >= 0.6 is 15.9 Å². The summed E-state index contributed by atoms with van der Waals surface area (Å²) in [4.78, 5) is 0. The largest absolute Gasteiger partial charge is 0.497 e. The lowest BCUT2D eigenvalue weighted by Crippen LogP contribution is -2.30. The standard InChI is InChI=1S/C22H17BrO2/c1-25-17-12-10-16(11-13-17)22(24)19-8-4-2-6-15(19)14-21(23)18-7-3-5-9-20(18)22/h2-14,24H,1H3. The third-order valence-electron chi connectivity index (χ3n) is 4.71. The fourth-order valence-corrected chi connectivity index (χ4v) is 4.05. The van der Waals surface area contributed by atoms with Crippen LogP contribution in [-0.2, 0) is 5.60 Å². The van der Waals surface area contributed by atoms with Crippen molar-refractivity contribution in [2.45, 2.75) is 5.60 Å². The van der Waals surface area contributed by atoms with E-state index in [1.54, 1.807) is 7.11 Å². The molecule has 2 nitrogen and oxygen atoms in total. The lowest BCUT2D eigenvalue weighted by molar-refractivity contribution is 0.125. The summed E-state index contributed by atoms with van der Waals surface area (Å²) in [5, 5.41) is 12.0. The van der Waals surface area contributed by atoms with E-state index in [0.29, 0.717) is 0 Å². The molecule has 0 radical (unpaired) electrons. The molecule has 0 amide bonds. The van der Waals surface area contributed by atoms with Crippen LogP contribution < -0.4 is 4.74 Å². The summed E-state index contributed by atoms with van der Waals surface area (Å²) in [5.41, 5.74) is 3.26. The van der Waals surface area contributed by atoms with Gasteiger partial charge in [0.15, 0.2) is 0 Å². The number of hydrogen-bond donors (Lipinski definition) is 1. The van der Waals surface area contributed by atoms with Gasteiger partial charge >= 0.3 is 0 Å². The van der Waals surface area contributed by atoms with Gasteiger partial charge in [-0.1, -0.05) is 76.6 Å². The topological polar surface area (TPSA) is 29.5 Å². The zero-order valence-electron chi connectivity index (χ0n) is 13.7. The Morgan fingerprint density at radius 1 is 0.840 bits per heavy atom. The summed E-state index contributed by atoms with van der Waals surface area (Å²) < 4.78 is 6.23. The molecule has 1 atom stereocenters. The van der Waals surface area contributed by atoms with Gasteiger partial charge in [-0.25, -0.2) is 0 Å². The van der Waals surface area contributed by atoms with Gasteiger partial charge in [-0.15, -0.1) is 0 Å². The number of methoxy groups -OCH3 is 1. The summed E-state index contributed by atoms with van der Waals surface area (Å²) >= 11 is 3.68. The number of ether oxygens (including phenoxy) is 1. The van der Waals surface area contributed by atoms with Gasteiger partial charge in [-0.3, -0.25) is 0 Å². The first-order chi connectivity index (χ1) is 12.1. The number of fused-ring (bicyclic) bond motifs is 2. The molecule has 1 aliphatic rings. The molecular weight excluding hydrogens is 376 g/mol. The highest BCUT2D eigenvalue weighted by molar-refractivity contribution is 9.15. The second kappa shape index (κ2) is 6.17. The Labute approximate surface area is 155 Å². The van der Waals surface area contributed by atoms with Crippen molar-refractivity contribution in [1.29, 1.82) is 0 Å². The Bertz CT molecular complexity index is 960. The Hall–Kier alpha value is -2.36. The van der Waals surface area contributed by atoms with Gasteiger partial charge in [0.1, 0.15) is 11.4 Å². The summed E-state index contributed by atoms with van der Waals surface area (Å²) in [7, 11) is 1.64. The summed E-state index contributed by atoms with van der Waals surface area (Å²) in [6, 6.07) is 23.5. The van der Waals surface area contributed by atoms with Crippen LogP contribution in [-0.4, -0.2) is 12.2 Å². The molecule has 0 heterocycles. The third-order valence-corrected chi connectivity index (χ3v) is 5.37. The molecule has 0 aromatic heterocycles. The van der Waals surface area contributed by atoms with Crippen LogP contribution in [0, 0.1) is 0 Å². The van der Waals surface area contributed by atoms with E-state index in [1.807, 2.05) is 72.8 Å². The van der Waals surface area contributed by atoms with E-state index in [9.17, 15) is 5.11 Å². The lowest BCUT2D eigenvalue weighted by Gasteiger charge is -2.32. The molecule has 0 fully saturated rings. The van der Waals surface area contributed by atoms with E-state index in [1.165, 1.54) is 0 Å². The average Bonchev–Trinajstić information content (AvgIpc) is 2.76. The molecule has 1 N–H and O–H groups in total. The molecule has 0 bridgehead atoms. The van der Waals surface area contributed by atoms with Crippen molar-refractivity contribution in [2.75, 3.05) is 7.11 Å². The molecule has 3 aromatic rings. The quantitative estimate of drug-likeness (QED) is 0.650. The normalized spacial score (nSPS) is 18.6. The number of halogens is 1. The molecule has 4 rings (SSSR count). The van der Waals surface area contributed by atoms with Crippen LogP contribution in [0.5, 0.6) is 5.75 Å². The molecule has 3 heteroatoms. The van der Waals surface area contributed by atoms with Crippen molar-refractivity contribution in [3.05, 3.63) is 101 Å². The minimum atomic E-state index is -1.24. The van der Waals surface area contributed by atoms with Crippen molar-refractivity contribution in [3.8, 4) is 5.75 Å². The molecule has 1 aliphatic carbocycles. The first kappa shape index (κ1) is 16.1. The van der Waals surface area contributed by atoms with Crippen molar-refractivity contribution in [1.82, 2.24) is 0 Å². The molecule has 25 heavy (non-hydrogen) atoms. The number of hydrogen-bond acceptors (Lipinski definition) is 2. The van der Waals surface area contributed by atoms with Crippen LogP contribution in [0.1, 0.15) is 27.8 Å². The van der Waals surface area contributed by atoms with E-state index < -0.39 is 5.60 Å². The molecule has 0 aliphatic heterocycles. The second-order valence-electron chi connectivity index (χ2n) is 6.06. The smallest absolute Gasteiger partial charge is 0.141 e.